The van der Waals surface area contributed by atoms with Crippen molar-refractivity contribution >= 4 is 21.6 Å². The zero-order chi connectivity index (χ0) is 10.3. The average molecular weight is 267 g/mol. The molecule has 0 amide bonds. The molecule has 3 heteroatoms. The summed E-state index contributed by atoms with van der Waals surface area (Å²) in [5.74, 6) is 1.92. The quantitative estimate of drug-likeness (QED) is 0.830. The molecule has 2 bridgehead atoms. The van der Waals surface area contributed by atoms with Crippen LogP contribution < -0.4 is 5.32 Å². The van der Waals surface area contributed by atoms with Crippen LogP contribution in [-0.4, -0.2) is 11.0 Å². The van der Waals surface area contributed by atoms with E-state index in [1.54, 1.807) is 0 Å². The Morgan fingerprint density at radius 1 is 1.33 bits per heavy atom. The molecule has 1 heterocycles. The molecule has 3 unspecified atom stereocenters. The lowest BCUT2D eigenvalue weighted by atomic mass is 9.95. The predicted octanol–water partition coefficient (Wildman–Crippen LogP) is 3.44. The van der Waals surface area contributed by atoms with Gasteiger partial charge in [-0.25, -0.2) is 4.98 Å². The van der Waals surface area contributed by atoms with Crippen molar-refractivity contribution in [3.05, 3.63) is 22.9 Å². The molecular formula is C12H15BrN2. The van der Waals surface area contributed by atoms with E-state index in [9.17, 15) is 0 Å². The van der Waals surface area contributed by atoms with E-state index in [0.717, 1.165) is 16.4 Å². The largest absolute Gasteiger partial charge is 0.382 e. The Labute approximate surface area is 98.6 Å². The van der Waals surface area contributed by atoms with Gasteiger partial charge in [0.25, 0.3) is 0 Å². The van der Waals surface area contributed by atoms with Crippen molar-refractivity contribution in [3.63, 3.8) is 0 Å². The van der Waals surface area contributed by atoms with E-state index in [0.29, 0.717) is 6.04 Å². The van der Waals surface area contributed by atoms with Gasteiger partial charge in [0.2, 0.25) is 0 Å². The van der Waals surface area contributed by atoms with Crippen molar-refractivity contribution in [2.45, 2.75) is 31.7 Å². The summed E-state index contributed by atoms with van der Waals surface area (Å²) >= 11 is 3.40. The Kier molecular flexibility index (Phi) is 2.43. The molecule has 0 aromatic carbocycles. The minimum absolute atomic E-state index is 0.707. The summed E-state index contributed by atoms with van der Waals surface area (Å²) in [6, 6.07) is 4.82. The summed E-state index contributed by atoms with van der Waals surface area (Å²) < 4.78 is 0.913. The van der Waals surface area contributed by atoms with Crippen LogP contribution in [0.3, 0.4) is 0 Å². The van der Waals surface area contributed by atoms with E-state index in [1.165, 1.54) is 31.4 Å². The predicted molar refractivity (Wildman–Crippen MR) is 64.8 cm³/mol. The maximum Gasteiger partial charge on any atom is 0.108 e. The molecule has 1 aromatic heterocycles. The van der Waals surface area contributed by atoms with Gasteiger partial charge in [0.1, 0.15) is 4.60 Å². The number of aromatic nitrogens is 1. The summed E-state index contributed by atoms with van der Waals surface area (Å²) in [5.41, 5.74) is 1.20. The third-order valence-electron chi connectivity index (χ3n) is 3.82. The van der Waals surface area contributed by atoms with Gasteiger partial charge in [-0.05, 0) is 59.2 Å². The lowest BCUT2D eigenvalue weighted by Crippen LogP contribution is -2.25. The van der Waals surface area contributed by atoms with Gasteiger partial charge in [0.15, 0.2) is 0 Å². The molecule has 2 aliphatic carbocycles. The second-order valence-electron chi connectivity index (χ2n) is 4.79. The van der Waals surface area contributed by atoms with Gasteiger partial charge in [-0.1, -0.05) is 6.42 Å². The molecule has 0 radical (unpaired) electrons. The number of pyridine rings is 1. The minimum atomic E-state index is 0.707. The molecule has 15 heavy (non-hydrogen) atoms. The summed E-state index contributed by atoms with van der Waals surface area (Å²) in [5, 5.41) is 3.64. The second kappa shape index (κ2) is 3.78. The van der Waals surface area contributed by atoms with E-state index in [-0.39, 0.29) is 0 Å². The van der Waals surface area contributed by atoms with E-state index >= 15 is 0 Å². The van der Waals surface area contributed by atoms with Gasteiger partial charge in [0, 0.05) is 17.9 Å². The van der Waals surface area contributed by atoms with Crippen molar-refractivity contribution < 1.29 is 0 Å². The number of rotatable bonds is 2. The average Bonchev–Trinajstić information content (AvgIpc) is 2.79. The van der Waals surface area contributed by atoms with Gasteiger partial charge >= 0.3 is 0 Å². The minimum Gasteiger partial charge on any atom is -0.382 e. The lowest BCUT2D eigenvalue weighted by molar-refractivity contribution is 0.440. The van der Waals surface area contributed by atoms with Crippen molar-refractivity contribution in [2.75, 3.05) is 5.32 Å². The zero-order valence-corrected chi connectivity index (χ0v) is 10.2. The fraction of sp³-hybridized carbons (Fsp3) is 0.583. The summed E-state index contributed by atoms with van der Waals surface area (Å²) in [4.78, 5) is 4.14. The Morgan fingerprint density at radius 3 is 2.93 bits per heavy atom. The molecule has 0 aliphatic heterocycles. The van der Waals surface area contributed by atoms with E-state index in [4.69, 9.17) is 0 Å². The molecule has 2 saturated carbocycles. The molecule has 0 saturated heterocycles. The van der Waals surface area contributed by atoms with Gasteiger partial charge < -0.3 is 5.32 Å². The molecule has 3 atom stereocenters. The summed E-state index contributed by atoms with van der Waals surface area (Å²) in [6.07, 6.45) is 7.55. The van der Waals surface area contributed by atoms with Crippen LogP contribution in [0.2, 0.25) is 0 Å². The number of anilines is 1. The number of halogens is 1. The first-order valence-corrected chi connectivity index (χ1v) is 6.48. The third kappa shape index (κ3) is 1.89. The maximum atomic E-state index is 4.14. The Balaban J connectivity index is 1.71. The SMILES string of the molecule is Brc1cc(NC2CC3CCC2C3)ccn1. The highest BCUT2D eigenvalue weighted by atomic mass is 79.9. The van der Waals surface area contributed by atoms with Crippen molar-refractivity contribution in [2.24, 2.45) is 11.8 Å². The second-order valence-corrected chi connectivity index (χ2v) is 5.61. The Hall–Kier alpha value is -0.570. The normalized spacial score (nSPS) is 33.3. The fourth-order valence-corrected chi connectivity index (χ4v) is 3.49. The summed E-state index contributed by atoms with van der Waals surface area (Å²) in [7, 11) is 0. The highest BCUT2D eigenvalue weighted by Gasteiger charge is 2.39. The van der Waals surface area contributed by atoms with Crippen molar-refractivity contribution in [1.29, 1.82) is 0 Å². The highest BCUT2D eigenvalue weighted by molar-refractivity contribution is 9.10. The Bertz CT molecular complexity index is 366. The number of hydrogen-bond acceptors (Lipinski definition) is 2. The van der Waals surface area contributed by atoms with Crippen LogP contribution in [0.4, 0.5) is 5.69 Å². The number of fused-ring (bicyclic) bond motifs is 2. The highest BCUT2D eigenvalue weighted by Crippen LogP contribution is 2.45. The molecule has 80 valence electrons. The van der Waals surface area contributed by atoms with Crippen LogP contribution in [0.5, 0.6) is 0 Å². The number of nitrogens with zero attached hydrogens (tertiary/aromatic N) is 1. The molecule has 2 fully saturated rings. The fourth-order valence-electron chi connectivity index (χ4n) is 3.13. The molecule has 3 rings (SSSR count). The number of hydrogen-bond donors (Lipinski definition) is 1. The summed E-state index contributed by atoms with van der Waals surface area (Å²) in [6.45, 7) is 0. The Morgan fingerprint density at radius 2 is 2.27 bits per heavy atom. The number of nitrogens with one attached hydrogen (secondary N) is 1. The van der Waals surface area contributed by atoms with Crippen LogP contribution in [0, 0.1) is 11.8 Å². The first-order valence-electron chi connectivity index (χ1n) is 5.69. The zero-order valence-electron chi connectivity index (χ0n) is 8.62. The first-order chi connectivity index (χ1) is 7.31. The van der Waals surface area contributed by atoms with Gasteiger partial charge in [0.05, 0.1) is 0 Å². The molecule has 2 aliphatic rings. The van der Waals surface area contributed by atoms with Crippen LogP contribution >= 0.6 is 15.9 Å². The standard InChI is InChI=1S/C12H15BrN2/c13-12-7-10(3-4-14-12)15-11-6-8-1-2-9(11)5-8/h3-4,7-9,11H,1-2,5-6H2,(H,14,15). The van der Waals surface area contributed by atoms with Crippen molar-refractivity contribution in [1.82, 2.24) is 4.98 Å². The molecular weight excluding hydrogens is 252 g/mol. The van der Waals surface area contributed by atoms with Crippen LogP contribution in [0.25, 0.3) is 0 Å². The first kappa shape index (κ1) is 9.64. The third-order valence-corrected chi connectivity index (χ3v) is 4.25. The maximum absolute atomic E-state index is 4.14. The lowest BCUT2D eigenvalue weighted by Gasteiger charge is -2.23. The van der Waals surface area contributed by atoms with Crippen molar-refractivity contribution in [3.8, 4) is 0 Å². The molecule has 2 nitrogen and oxygen atoms in total. The topological polar surface area (TPSA) is 24.9 Å². The molecule has 1 aromatic rings. The van der Waals surface area contributed by atoms with E-state index in [2.05, 4.69) is 38.4 Å². The van der Waals surface area contributed by atoms with E-state index in [1.807, 2.05) is 6.20 Å². The van der Waals surface area contributed by atoms with Gasteiger partial charge in [-0.2, -0.15) is 0 Å². The molecule has 0 spiro atoms. The van der Waals surface area contributed by atoms with Crippen LogP contribution in [0.15, 0.2) is 22.9 Å². The molecule has 1 N–H and O–H groups in total. The van der Waals surface area contributed by atoms with Crippen LogP contribution in [-0.2, 0) is 0 Å². The van der Waals surface area contributed by atoms with Gasteiger partial charge in [-0.3, -0.25) is 0 Å². The van der Waals surface area contributed by atoms with E-state index < -0.39 is 0 Å². The van der Waals surface area contributed by atoms with Gasteiger partial charge in [-0.15, -0.1) is 0 Å². The monoisotopic (exact) mass is 266 g/mol. The van der Waals surface area contributed by atoms with Crippen LogP contribution in [0.1, 0.15) is 25.7 Å². The smallest absolute Gasteiger partial charge is 0.108 e.